The number of hydrogen-bond acceptors (Lipinski definition) is 16. The highest BCUT2D eigenvalue weighted by Gasteiger charge is 2.53. The lowest BCUT2D eigenvalue weighted by Crippen LogP contribution is -2.56. The molecule has 0 aromatic heterocycles. The van der Waals surface area contributed by atoms with Crippen LogP contribution in [0.3, 0.4) is 0 Å². The second kappa shape index (κ2) is 35.4. The Morgan fingerprint density at radius 3 is 1.17 bits per heavy atom. The smallest absolute Gasteiger partial charge is 0.293 e. The molecule has 0 unspecified atom stereocenters. The quantitative estimate of drug-likeness (QED) is 0.0231. The van der Waals surface area contributed by atoms with Crippen LogP contribution in [0, 0.1) is 21.6 Å². The highest BCUT2D eigenvalue weighted by Crippen LogP contribution is 2.46. The van der Waals surface area contributed by atoms with Crippen molar-refractivity contribution in [1.29, 1.82) is 16.2 Å². The SMILES string of the molecule is C.CC1(CO/C(C(=O)Nc2cccc(Cl)c2)=C(/C=N)N2CCC3(CC2)C(=O)NCN3c2ccccc2)CC1.N=C/C(=C(/Cl)C(=O)Nc1cccc(Cl)c1)N1CCC2(CC1)C(=O)NCN2c1ccccc1.N=C/C(Cl)=C(/Cl)C(=O)Nc1cccc(Cl)c1.O=C1NCN(c2ccccc2)C12CCNCC2. The first-order valence-corrected chi connectivity index (χ1v) is 35.5. The molecule has 1 aliphatic carbocycles. The molecule has 7 aliphatic rings. The average molecular weight is 1520 g/mol. The summed E-state index contributed by atoms with van der Waals surface area (Å²) in [7, 11) is 0. The second-order valence-electron chi connectivity index (χ2n) is 25.6. The maximum atomic E-state index is 13.4. The Kier molecular flexibility index (Phi) is 26.8. The van der Waals surface area contributed by atoms with Crippen molar-refractivity contribution in [3.63, 3.8) is 0 Å². The average Bonchev–Trinajstić information content (AvgIpc) is 1.66. The largest absolute Gasteiger partial charge is 0.486 e. The lowest BCUT2D eigenvalue weighted by molar-refractivity contribution is -0.125. The molecule has 10 N–H and O–H groups in total. The zero-order chi connectivity index (χ0) is 72.6. The summed E-state index contributed by atoms with van der Waals surface area (Å²) in [5.41, 5.74) is 3.86. The summed E-state index contributed by atoms with van der Waals surface area (Å²) in [5.74, 6) is -1.19. The third-order valence-electron chi connectivity index (χ3n) is 19.1. The number of benzene rings is 6. The van der Waals surface area contributed by atoms with Crippen LogP contribution in [-0.4, -0.2) is 146 Å². The normalized spacial score (nSPS) is 18.5. The number of carbonyl (C=O) groups is 6. The number of halogens is 6. The van der Waals surface area contributed by atoms with Gasteiger partial charge >= 0.3 is 0 Å². The van der Waals surface area contributed by atoms with Crippen LogP contribution >= 0.6 is 69.6 Å². The Morgan fingerprint density at radius 1 is 0.466 bits per heavy atom. The number of nitrogens with zero attached hydrogens (tertiary/aromatic N) is 5. The first-order valence-electron chi connectivity index (χ1n) is 33.2. The summed E-state index contributed by atoms with van der Waals surface area (Å²) in [6.45, 7) is 7.91. The van der Waals surface area contributed by atoms with Crippen LogP contribution in [0.15, 0.2) is 196 Å². The molecule has 0 radical (unpaired) electrons. The molecule has 0 atom stereocenters. The van der Waals surface area contributed by atoms with Crippen molar-refractivity contribution >= 4 is 158 Å². The molecule has 103 heavy (non-hydrogen) atoms. The number of ether oxygens (including phenoxy) is 1. The lowest BCUT2D eigenvalue weighted by atomic mass is 9.85. The fraction of sp³-hybridized carbons (Fsp3) is 0.320. The van der Waals surface area contributed by atoms with E-state index in [1.165, 1.54) is 6.21 Å². The predicted octanol–water partition coefficient (Wildman–Crippen LogP) is 13.1. The van der Waals surface area contributed by atoms with Crippen molar-refractivity contribution in [2.45, 2.75) is 82.3 Å². The molecular weight excluding hydrogens is 1440 g/mol. The topological polar surface area (TPSA) is 284 Å². The Balaban J connectivity index is 0.000000169. The molecule has 0 bridgehead atoms. The number of likely N-dealkylation sites (tertiary alicyclic amines) is 2. The lowest BCUT2D eigenvalue weighted by Gasteiger charge is -2.44. The highest BCUT2D eigenvalue weighted by molar-refractivity contribution is 6.53. The first kappa shape index (κ1) is 78.0. The third kappa shape index (κ3) is 18.6. The molecule has 13 rings (SSSR count). The van der Waals surface area contributed by atoms with E-state index in [2.05, 4.69) is 71.0 Å². The van der Waals surface area contributed by atoms with Gasteiger partial charge in [-0.2, -0.15) is 0 Å². The van der Waals surface area contributed by atoms with Crippen LogP contribution in [0.2, 0.25) is 15.1 Å². The fourth-order valence-corrected chi connectivity index (χ4v) is 14.2. The van der Waals surface area contributed by atoms with Gasteiger partial charge in [0, 0.05) is 99.4 Å². The molecule has 6 amide bonds. The Labute approximate surface area is 629 Å². The summed E-state index contributed by atoms with van der Waals surface area (Å²) in [4.78, 5) is 85.9. The number of hydrogen-bond donors (Lipinski definition) is 10. The molecule has 7 fully saturated rings. The summed E-state index contributed by atoms with van der Waals surface area (Å²) >= 11 is 35.3. The minimum absolute atomic E-state index is 0. The van der Waals surface area contributed by atoms with Crippen molar-refractivity contribution < 1.29 is 33.5 Å². The zero-order valence-corrected chi connectivity index (χ0v) is 60.4. The van der Waals surface area contributed by atoms with E-state index in [-0.39, 0.29) is 57.0 Å². The number of rotatable bonds is 17. The molecule has 542 valence electrons. The summed E-state index contributed by atoms with van der Waals surface area (Å²) in [5, 5.41) is 44.3. The van der Waals surface area contributed by atoms with Crippen molar-refractivity contribution in [3.05, 3.63) is 211 Å². The first-order chi connectivity index (χ1) is 49.1. The van der Waals surface area contributed by atoms with Gasteiger partial charge in [0.1, 0.15) is 32.4 Å². The summed E-state index contributed by atoms with van der Waals surface area (Å²) in [6.07, 6.45) is 9.14. The Morgan fingerprint density at radius 2 is 0.816 bits per heavy atom. The van der Waals surface area contributed by atoms with Gasteiger partial charge in [-0.1, -0.05) is 157 Å². The monoisotopic (exact) mass is 1520 g/mol. The van der Waals surface area contributed by atoms with Gasteiger partial charge in [-0.05, 0) is 155 Å². The van der Waals surface area contributed by atoms with Crippen LogP contribution in [0.25, 0.3) is 0 Å². The van der Waals surface area contributed by atoms with Gasteiger partial charge in [0.15, 0.2) is 0 Å². The number of amides is 6. The van der Waals surface area contributed by atoms with Crippen molar-refractivity contribution in [2.75, 3.05) is 96.5 Å². The standard InChI is InChI=1S/C28H32ClN5O3.C23H23Cl2N5O2.C13H17N3O.C10H7Cl3N2O.CH4/c1-27(10-11-27)18-37-24(25(35)32-21-7-5-6-20(29)16-21)23(17-30)33-14-12-28(13-15-33)26(36)31-19-34(28)22-8-3-2-4-9-22;24-16-5-4-6-17(13-16)28-21(31)20(25)19(14-26)29-11-9-23(10-12-29)22(32)27-15-30(23)18-7-2-1-3-8-18;17-12-13(6-8-14-9-7-13)16(10-15-12)11-4-2-1-3-5-11;11-6-2-1-3-7(4-6)15-10(16)9(13)8(12)5-14;/h2-9,16-17,30H,10-15,18-19H2,1H3,(H,31,36)(H,32,35);1-8,13-14,26H,9-12,15H2,(H,27,32)(H,28,31);1-5,14H,6-10H2,(H,15,17);1-5,14H,(H,15,16);1H4/b24-23-,30-17?;20-19-,26-14?;;9-8-,14-5?;. The van der Waals surface area contributed by atoms with E-state index in [9.17, 15) is 28.8 Å². The maximum absolute atomic E-state index is 13.4. The molecule has 22 nitrogen and oxygen atoms in total. The van der Waals surface area contributed by atoms with E-state index >= 15 is 0 Å². The van der Waals surface area contributed by atoms with Gasteiger partial charge in [0.2, 0.25) is 23.5 Å². The van der Waals surface area contributed by atoms with E-state index in [4.69, 9.17) is 90.6 Å². The number of piperidine rings is 3. The Hall–Kier alpha value is -9.13. The van der Waals surface area contributed by atoms with Gasteiger partial charge in [0.25, 0.3) is 17.7 Å². The molecule has 1 saturated carbocycles. The van der Waals surface area contributed by atoms with Crippen LogP contribution in [0.1, 0.15) is 65.7 Å². The Bertz CT molecular complexity index is 4160. The van der Waals surface area contributed by atoms with Crippen molar-refractivity contribution in [2.24, 2.45) is 5.41 Å². The molecule has 28 heteroatoms. The minimum Gasteiger partial charge on any atom is -0.486 e. The van der Waals surface area contributed by atoms with Crippen LogP contribution in [0.4, 0.5) is 34.1 Å². The van der Waals surface area contributed by atoms with Crippen molar-refractivity contribution in [3.8, 4) is 0 Å². The van der Waals surface area contributed by atoms with Gasteiger partial charge < -0.3 is 82.7 Å². The summed E-state index contributed by atoms with van der Waals surface area (Å²) in [6, 6.07) is 50.3. The van der Waals surface area contributed by atoms with Crippen LogP contribution in [0.5, 0.6) is 0 Å². The zero-order valence-electron chi connectivity index (χ0n) is 55.9. The van der Waals surface area contributed by atoms with Gasteiger partial charge in [-0.3, -0.25) is 28.8 Å². The van der Waals surface area contributed by atoms with Crippen LogP contribution < -0.4 is 51.9 Å². The van der Waals surface area contributed by atoms with Crippen molar-refractivity contribution in [1.82, 2.24) is 31.1 Å². The van der Waals surface area contributed by atoms with Gasteiger partial charge in [-0.25, -0.2) is 0 Å². The summed E-state index contributed by atoms with van der Waals surface area (Å²) < 4.78 is 6.12. The van der Waals surface area contributed by atoms with Gasteiger partial charge in [-0.15, -0.1) is 0 Å². The molecule has 6 aliphatic heterocycles. The molecule has 6 aromatic carbocycles. The molecule has 3 spiro atoms. The highest BCUT2D eigenvalue weighted by atomic mass is 35.5. The number of nitrogens with one attached hydrogen (secondary N) is 10. The third-order valence-corrected chi connectivity index (χ3v) is 20.9. The molecular formula is C75H83Cl6N15O7. The molecule has 6 heterocycles. The molecule has 6 saturated heterocycles. The van der Waals surface area contributed by atoms with E-state index < -0.39 is 28.8 Å². The number of anilines is 6. The second-order valence-corrected chi connectivity index (χ2v) is 28.1. The van der Waals surface area contributed by atoms with E-state index in [1.807, 2.05) is 88.7 Å². The molecule has 6 aromatic rings. The maximum Gasteiger partial charge on any atom is 0.293 e. The van der Waals surface area contributed by atoms with E-state index in [1.54, 1.807) is 72.8 Å². The minimum atomic E-state index is -0.656. The van der Waals surface area contributed by atoms with E-state index in [0.29, 0.717) is 122 Å². The number of allylic oxidation sites excluding steroid dienone is 3. The predicted molar refractivity (Wildman–Crippen MR) is 413 cm³/mol. The van der Waals surface area contributed by atoms with E-state index in [0.717, 1.165) is 68.3 Å². The van der Waals surface area contributed by atoms with Crippen LogP contribution in [-0.2, 0) is 33.5 Å². The fourth-order valence-electron chi connectivity index (χ4n) is 13.2. The van der Waals surface area contributed by atoms with Gasteiger partial charge in [0.05, 0.1) is 37.3 Å². The number of para-hydroxylation sites is 3. The number of carbonyl (C=O) groups excluding carboxylic acids is 6.